The van der Waals surface area contributed by atoms with E-state index in [1.54, 1.807) is 20.1 Å². The molecule has 16 heavy (non-hydrogen) atoms. The number of hydrogen-bond acceptors (Lipinski definition) is 2. The Labute approximate surface area is 93.6 Å². The molecule has 3 heteroatoms. The van der Waals surface area contributed by atoms with E-state index in [1.807, 2.05) is 24.3 Å². The fraction of sp³-hybridized carbons (Fsp3) is 0.154. The van der Waals surface area contributed by atoms with Crippen LogP contribution in [0, 0.1) is 6.92 Å². The van der Waals surface area contributed by atoms with Gasteiger partial charge in [-0.15, -0.1) is 0 Å². The third kappa shape index (κ3) is 1.50. The van der Waals surface area contributed by atoms with Crippen molar-refractivity contribution in [1.82, 2.24) is 0 Å². The molecule has 0 amide bonds. The van der Waals surface area contributed by atoms with E-state index in [0.717, 1.165) is 11.1 Å². The van der Waals surface area contributed by atoms with Crippen molar-refractivity contribution in [3.63, 3.8) is 0 Å². The summed E-state index contributed by atoms with van der Waals surface area (Å²) in [7, 11) is 1.58. The minimum absolute atomic E-state index is 0.351. The van der Waals surface area contributed by atoms with Crippen LogP contribution < -0.4 is 4.74 Å². The highest BCUT2D eigenvalue weighted by molar-refractivity contribution is 6.00. The first kappa shape index (κ1) is 10.5. The average molecular weight is 216 g/mol. The number of aryl methyl sites for hydroxylation is 1. The number of aromatic carboxylic acids is 1. The van der Waals surface area contributed by atoms with Crippen molar-refractivity contribution in [2.24, 2.45) is 0 Å². The van der Waals surface area contributed by atoms with Crippen LogP contribution in [0.15, 0.2) is 30.3 Å². The first-order chi connectivity index (χ1) is 7.65. The standard InChI is InChI=1S/C13H12O3/c1-8-7-10-9(12(8)13(14)15)5-3-4-6-11(10)16-2/h3-7H,1-2H3,(H,14,15). The minimum atomic E-state index is -0.902. The summed E-state index contributed by atoms with van der Waals surface area (Å²) >= 11 is 0. The van der Waals surface area contributed by atoms with Crippen molar-refractivity contribution in [2.45, 2.75) is 6.92 Å². The maximum absolute atomic E-state index is 11.2. The molecule has 0 bridgehead atoms. The Balaban J connectivity index is 2.78. The number of rotatable bonds is 2. The lowest BCUT2D eigenvalue weighted by molar-refractivity contribution is 0.0697. The summed E-state index contributed by atoms with van der Waals surface area (Å²) in [6.45, 7) is 1.79. The molecule has 0 heterocycles. The fourth-order valence-electron chi connectivity index (χ4n) is 1.94. The van der Waals surface area contributed by atoms with Crippen molar-refractivity contribution in [1.29, 1.82) is 0 Å². The third-order valence-electron chi connectivity index (χ3n) is 2.64. The molecule has 0 unspecified atom stereocenters. The van der Waals surface area contributed by atoms with Crippen molar-refractivity contribution in [3.8, 4) is 16.9 Å². The Kier molecular flexibility index (Phi) is 2.52. The van der Waals surface area contributed by atoms with Crippen LogP contribution in [0.5, 0.6) is 5.75 Å². The van der Waals surface area contributed by atoms with Gasteiger partial charge in [-0.2, -0.15) is 0 Å². The molecule has 0 spiro atoms. The van der Waals surface area contributed by atoms with Gasteiger partial charge in [0.15, 0.2) is 0 Å². The normalized spacial score (nSPS) is 10.4. The van der Waals surface area contributed by atoms with E-state index in [9.17, 15) is 4.79 Å². The maximum Gasteiger partial charge on any atom is 0.336 e. The van der Waals surface area contributed by atoms with Gasteiger partial charge in [0.1, 0.15) is 5.75 Å². The maximum atomic E-state index is 11.2. The first-order valence-corrected chi connectivity index (χ1v) is 4.94. The molecule has 0 saturated carbocycles. The molecule has 0 aliphatic heterocycles. The first-order valence-electron chi connectivity index (χ1n) is 4.94. The van der Waals surface area contributed by atoms with E-state index < -0.39 is 5.97 Å². The van der Waals surface area contributed by atoms with Gasteiger partial charge in [0.05, 0.1) is 12.7 Å². The molecule has 2 aliphatic rings. The molecule has 1 N–H and O–H groups in total. The Hall–Kier alpha value is -2.03. The van der Waals surface area contributed by atoms with Crippen molar-refractivity contribution >= 4 is 5.97 Å². The minimum Gasteiger partial charge on any atom is -0.496 e. The van der Waals surface area contributed by atoms with Gasteiger partial charge >= 0.3 is 5.97 Å². The SMILES string of the molecule is COc1ccccc2c(C(=O)O)c(C)cc1-2. The Morgan fingerprint density at radius 2 is 1.94 bits per heavy atom. The molecule has 82 valence electrons. The van der Waals surface area contributed by atoms with Crippen molar-refractivity contribution in [2.75, 3.05) is 7.11 Å². The summed E-state index contributed by atoms with van der Waals surface area (Å²) in [6.07, 6.45) is 0. The van der Waals surface area contributed by atoms with Gasteiger partial charge in [0.2, 0.25) is 0 Å². The second-order valence-corrected chi connectivity index (χ2v) is 3.62. The highest BCUT2D eigenvalue weighted by Gasteiger charge is 2.20. The molecule has 0 saturated heterocycles. The van der Waals surface area contributed by atoms with E-state index in [-0.39, 0.29) is 0 Å². The van der Waals surface area contributed by atoms with Crippen LogP contribution in [0.1, 0.15) is 15.9 Å². The smallest absolute Gasteiger partial charge is 0.336 e. The van der Waals surface area contributed by atoms with E-state index in [1.165, 1.54) is 0 Å². The van der Waals surface area contributed by atoms with Gasteiger partial charge in [-0.3, -0.25) is 0 Å². The van der Waals surface area contributed by atoms with Crippen molar-refractivity contribution < 1.29 is 14.6 Å². The van der Waals surface area contributed by atoms with E-state index >= 15 is 0 Å². The lowest BCUT2D eigenvalue weighted by Crippen LogP contribution is -1.97. The summed E-state index contributed by atoms with van der Waals surface area (Å²) in [6, 6.07) is 9.12. The molecular formula is C13H12O3. The van der Waals surface area contributed by atoms with Crippen LogP contribution in [-0.2, 0) is 0 Å². The largest absolute Gasteiger partial charge is 0.496 e. The van der Waals surface area contributed by atoms with Gasteiger partial charge in [0.25, 0.3) is 0 Å². The predicted molar refractivity (Wildman–Crippen MR) is 61.3 cm³/mol. The monoisotopic (exact) mass is 216 g/mol. The van der Waals surface area contributed by atoms with Crippen LogP contribution in [-0.4, -0.2) is 18.2 Å². The van der Waals surface area contributed by atoms with Gasteiger partial charge in [-0.05, 0) is 24.6 Å². The van der Waals surface area contributed by atoms with Crippen LogP contribution in [0.25, 0.3) is 11.1 Å². The Morgan fingerprint density at radius 3 is 2.56 bits per heavy atom. The molecule has 0 fully saturated rings. The molecule has 3 nitrogen and oxygen atoms in total. The number of fused-ring (bicyclic) bond motifs is 1. The molecule has 2 aliphatic carbocycles. The highest BCUT2D eigenvalue weighted by Crippen LogP contribution is 2.37. The lowest BCUT2D eigenvalue weighted by Gasteiger charge is -2.02. The molecule has 2 rings (SSSR count). The molecule has 0 aromatic rings. The van der Waals surface area contributed by atoms with Crippen LogP contribution >= 0.6 is 0 Å². The number of carboxylic acids is 1. The summed E-state index contributed by atoms with van der Waals surface area (Å²) in [5.74, 6) is -0.212. The zero-order valence-corrected chi connectivity index (χ0v) is 9.15. The molecule has 0 atom stereocenters. The predicted octanol–water partition coefficient (Wildman–Crippen LogP) is 2.81. The number of carbonyl (C=O) groups is 1. The van der Waals surface area contributed by atoms with Crippen LogP contribution in [0.2, 0.25) is 0 Å². The number of hydrogen-bond donors (Lipinski definition) is 1. The van der Waals surface area contributed by atoms with E-state index in [2.05, 4.69) is 0 Å². The second-order valence-electron chi connectivity index (χ2n) is 3.62. The van der Waals surface area contributed by atoms with Gasteiger partial charge in [-0.1, -0.05) is 18.2 Å². The van der Waals surface area contributed by atoms with Gasteiger partial charge in [-0.25, -0.2) is 4.79 Å². The Morgan fingerprint density at radius 1 is 1.25 bits per heavy atom. The van der Waals surface area contributed by atoms with Gasteiger partial charge < -0.3 is 9.84 Å². The zero-order chi connectivity index (χ0) is 11.7. The summed E-state index contributed by atoms with van der Waals surface area (Å²) in [5.41, 5.74) is 2.66. The summed E-state index contributed by atoms with van der Waals surface area (Å²) in [5, 5.41) is 9.16. The average Bonchev–Trinajstić information content (AvgIpc) is 2.43. The zero-order valence-electron chi connectivity index (χ0n) is 9.15. The van der Waals surface area contributed by atoms with E-state index in [0.29, 0.717) is 16.9 Å². The highest BCUT2D eigenvalue weighted by atomic mass is 16.5. The fourth-order valence-corrected chi connectivity index (χ4v) is 1.94. The molecular weight excluding hydrogens is 204 g/mol. The summed E-state index contributed by atoms with van der Waals surface area (Å²) in [4.78, 5) is 11.2. The number of carboxylic acid groups (broad SMARTS) is 1. The lowest BCUT2D eigenvalue weighted by atomic mass is 10.1. The van der Waals surface area contributed by atoms with E-state index in [4.69, 9.17) is 9.84 Å². The summed E-state index contributed by atoms with van der Waals surface area (Å²) < 4.78 is 5.24. The molecule has 0 aromatic carbocycles. The number of ether oxygens (including phenoxy) is 1. The number of methoxy groups -OCH3 is 1. The molecule has 0 radical (unpaired) electrons. The Bertz CT molecular complexity index is 517. The van der Waals surface area contributed by atoms with Gasteiger partial charge in [0, 0.05) is 11.1 Å². The second kappa shape index (κ2) is 3.85. The van der Waals surface area contributed by atoms with Crippen LogP contribution in [0.4, 0.5) is 0 Å². The quantitative estimate of drug-likeness (QED) is 0.839. The third-order valence-corrected chi connectivity index (χ3v) is 2.64. The molecule has 0 aromatic heterocycles. The van der Waals surface area contributed by atoms with Crippen LogP contribution in [0.3, 0.4) is 0 Å². The van der Waals surface area contributed by atoms with Crippen molar-refractivity contribution in [3.05, 3.63) is 41.5 Å². The topological polar surface area (TPSA) is 46.5 Å².